The zero-order chi connectivity index (χ0) is 15.1. The number of aromatic amines is 1. The van der Waals surface area contributed by atoms with Gasteiger partial charge in [-0.3, -0.25) is 10.1 Å². The second-order valence-electron chi connectivity index (χ2n) is 6.67. The Hall–Kier alpha value is -1.52. The number of aromatic nitrogens is 2. The molecular weight excluding hydrogens is 262 g/mol. The molecule has 0 radical (unpaired) electrons. The van der Waals surface area contributed by atoms with Gasteiger partial charge in [0.15, 0.2) is 5.96 Å². The topological polar surface area (TPSA) is 65.1 Å². The standard InChI is InChI=1S/C16H29N5/c1-13(2)10-16(7-4-5-8-16)12-19-15(17-3)18-11-14-6-9-20-21-14/h6,9,13H,4-5,7-8,10-12H2,1-3H3,(H,20,21)(H2,17,18,19). The van der Waals surface area contributed by atoms with Crippen LogP contribution < -0.4 is 10.6 Å². The van der Waals surface area contributed by atoms with Crippen LogP contribution in [0.25, 0.3) is 0 Å². The van der Waals surface area contributed by atoms with E-state index in [2.05, 4.69) is 39.7 Å². The maximum Gasteiger partial charge on any atom is 0.191 e. The Morgan fingerprint density at radius 1 is 1.38 bits per heavy atom. The van der Waals surface area contributed by atoms with Crippen LogP contribution in [-0.2, 0) is 6.54 Å². The van der Waals surface area contributed by atoms with Crippen molar-refractivity contribution in [3.63, 3.8) is 0 Å². The third-order valence-corrected chi connectivity index (χ3v) is 4.36. The molecule has 0 aromatic carbocycles. The van der Waals surface area contributed by atoms with Gasteiger partial charge in [-0.25, -0.2) is 0 Å². The summed E-state index contributed by atoms with van der Waals surface area (Å²) >= 11 is 0. The second kappa shape index (κ2) is 7.48. The van der Waals surface area contributed by atoms with Gasteiger partial charge >= 0.3 is 0 Å². The van der Waals surface area contributed by atoms with Crippen LogP contribution in [0.4, 0.5) is 0 Å². The molecule has 2 rings (SSSR count). The van der Waals surface area contributed by atoms with Crippen LogP contribution in [0, 0.1) is 11.3 Å². The van der Waals surface area contributed by atoms with Crippen LogP contribution in [0.15, 0.2) is 17.3 Å². The first kappa shape index (κ1) is 15.9. The van der Waals surface area contributed by atoms with Gasteiger partial charge in [0.25, 0.3) is 0 Å². The Balaban J connectivity index is 1.83. The van der Waals surface area contributed by atoms with Crippen molar-refractivity contribution in [2.75, 3.05) is 13.6 Å². The molecule has 21 heavy (non-hydrogen) atoms. The molecule has 5 heteroatoms. The van der Waals surface area contributed by atoms with Crippen LogP contribution in [-0.4, -0.2) is 29.7 Å². The Labute approximate surface area is 128 Å². The van der Waals surface area contributed by atoms with Crippen molar-refractivity contribution in [3.8, 4) is 0 Å². The molecule has 1 saturated carbocycles. The fraction of sp³-hybridized carbons (Fsp3) is 0.750. The Morgan fingerprint density at radius 3 is 2.71 bits per heavy atom. The minimum atomic E-state index is 0.458. The van der Waals surface area contributed by atoms with E-state index in [9.17, 15) is 0 Å². The summed E-state index contributed by atoms with van der Waals surface area (Å²) in [4.78, 5) is 4.32. The van der Waals surface area contributed by atoms with Gasteiger partial charge in [0.1, 0.15) is 0 Å². The number of rotatable bonds is 6. The molecule has 1 aliphatic rings. The van der Waals surface area contributed by atoms with Gasteiger partial charge in [-0.05, 0) is 36.7 Å². The summed E-state index contributed by atoms with van der Waals surface area (Å²) in [7, 11) is 1.83. The maximum atomic E-state index is 4.32. The van der Waals surface area contributed by atoms with E-state index in [1.54, 1.807) is 6.20 Å². The molecule has 0 amide bonds. The summed E-state index contributed by atoms with van der Waals surface area (Å²) in [5.41, 5.74) is 1.52. The average molecular weight is 291 g/mol. The van der Waals surface area contributed by atoms with E-state index in [1.807, 2.05) is 13.1 Å². The normalized spacial score (nSPS) is 18.2. The van der Waals surface area contributed by atoms with Crippen LogP contribution in [0.2, 0.25) is 0 Å². The van der Waals surface area contributed by atoms with Crippen molar-refractivity contribution < 1.29 is 0 Å². The quantitative estimate of drug-likeness (QED) is 0.558. The minimum Gasteiger partial charge on any atom is -0.356 e. The van der Waals surface area contributed by atoms with E-state index in [1.165, 1.54) is 32.1 Å². The Morgan fingerprint density at radius 2 is 2.14 bits per heavy atom. The number of nitrogens with one attached hydrogen (secondary N) is 3. The van der Waals surface area contributed by atoms with Crippen LogP contribution in [0.5, 0.6) is 0 Å². The summed E-state index contributed by atoms with van der Waals surface area (Å²) in [6.45, 7) is 6.39. The van der Waals surface area contributed by atoms with Crippen LogP contribution in [0.1, 0.15) is 51.6 Å². The van der Waals surface area contributed by atoms with Gasteiger partial charge in [0.05, 0.1) is 12.2 Å². The Bertz CT molecular complexity index is 430. The van der Waals surface area contributed by atoms with Gasteiger partial charge in [-0.2, -0.15) is 5.10 Å². The fourth-order valence-corrected chi connectivity index (χ4v) is 3.50. The first-order valence-electron chi connectivity index (χ1n) is 8.06. The number of H-pyrrole nitrogens is 1. The van der Waals surface area contributed by atoms with E-state index in [0.717, 1.165) is 30.7 Å². The van der Waals surface area contributed by atoms with Crippen molar-refractivity contribution in [2.24, 2.45) is 16.3 Å². The molecule has 0 unspecified atom stereocenters. The van der Waals surface area contributed by atoms with Gasteiger partial charge in [-0.15, -0.1) is 0 Å². The first-order valence-corrected chi connectivity index (χ1v) is 8.06. The molecule has 1 aromatic heterocycles. The fourth-order valence-electron chi connectivity index (χ4n) is 3.50. The summed E-state index contributed by atoms with van der Waals surface area (Å²) in [6, 6.07) is 1.97. The largest absolute Gasteiger partial charge is 0.356 e. The van der Waals surface area contributed by atoms with E-state index >= 15 is 0 Å². The number of hydrogen-bond donors (Lipinski definition) is 3. The first-order chi connectivity index (χ1) is 10.1. The van der Waals surface area contributed by atoms with E-state index < -0.39 is 0 Å². The molecule has 0 atom stereocenters. The highest BCUT2D eigenvalue weighted by molar-refractivity contribution is 5.79. The predicted octanol–water partition coefficient (Wildman–Crippen LogP) is 2.68. The maximum absolute atomic E-state index is 4.32. The minimum absolute atomic E-state index is 0.458. The predicted molar refractivity (Wildman–Crippen MR) is 87.1 cm³/mol. The molecule has 118 valence electrons. The molecule has 0 bridgehead atoms. The van der Waals surface area contributed by atoms with E-state index in [4.69, 9.17) is 0 Å². The molecule has 1 heterocycles. The summed E-state index contributed by atoms with van der Waals surface area (Å²) in [5, 5.41) is 13.8. The molecule has 0 aliphatic heterocycles. The molecule has 1 fully saturated rings. The van der Waals surface area contributed by atoms with Gasteiger partial charge in [0.2, 0.25) is 0 Å². The molecule has 5 nitrogen and oxygen atoms in total. The molecule has 1 aromatic rings. The van der Waals surface area contributed by atoms with Crippen molar-refractivity contribution in [1.82, 2.24) is 20.8 Å². The Kier molecular flexibility index (Phi) is 5.65. The van der Waals surface area contributed by atoms with Gasteiger partial charge < -0.3 is 10.6 Å². The van der Waals surface area contributed by atoms with E-state index in [0.29, 0.717) is 5.41 Å². The summed E-state index contributed by atoms with van der Waals surface area (Å²) in [6.07, 6.45) is 8.50. The lowest BCUT2D eigenvalue weighted by Crippen LogP contribution is -2.43. The third-order valence-electron chi connectivity index (χ3n) is 4.36. The van der Waals surface area contributed by atoms with Crippen molar-refractivity contribution in [1.29, 1.82) is 0 Å². The molecular formula is C16H29N5. The molecule has 3 N–H and O–H groups in total. The molecule has 1 aliphatic carbocycles. The zero-order valence-electron chi connectivity index (χ0n) is 13.6. The second-order valence-corrected chi connectivity index (χ2v) is 6.67. The highest BCUT2D eigenvalue weighted by Crippen LogP contribution is 2.42. The van der Waals surface area contributed by atoms with Gasteiger partial charge in [0, 0.05) is 19.8 Å². The number of aliphatic imine (C=N–C) groups is 1. The zero-order valence-corrected chi connectivity index (χ0v) is 13.6. The number of guanidine groups is 1. The summed E-state index contributed by atoms with van der Waals surface area (Å²) in [5.74, 6) is 1.63. The molecule has 0 saturated heterocycles. The SMILES string of the molecule is CN=C(NCc1ccn[nH]1)NCC1(CC(C)C)CCCC1. The lowest BCUT2D eigenvalue weighted by atomic mass is 9.78. The molecule has 0 spiro atoms. The van der Waals surface area contributed by atoms with Crippen molar-refractivity contribution in [3.05, 3.63) is 18.0 Å². The third kappa shape index (κ3) is 4.76. The summed E-state index contributed by atoms with van der Waals surface area (Å²) < 4.78 is 0. The lowest BCUT2D eigenvalue weighted by molar-refractivity contribution is 0.235. The average Bonchev–Trinajstić information content (AvgIpc) is 3.10. The van der Waals surface area contributed by atoms with Gasteiger partial charge in [-0.1, -0.05) is 26.7 Å². The van der Waals surface area contributed by atoms with E-state index in [-0.39, 0.29) is 0 Å². The highest BCUT2D eigenvalue weighted by Gasteiger charge is 2.34. The van der Waals surface area contributed by atoms with Crippen LogP contribution >= 0.6 is 0 Å². The number of hydrogen-bond acceptors (Lipinski definition) is 2. The van der Waals surface area contributed by atoms with Crippen molar-refractivity contribution >= 4 is 5.96 Å². The highest BCUT2D eigenvalue weighted by atomic mass is 15.2. The smallest absolute Gasteiger partial charge is 0.191 e. The number of nitrogens with zero attached hydrogens (tertiary/aromatic N) is 2. The lowest BCUT2D eigenvalue weighted by Gasteiger charge is -2.31. The van der Waals surface area contributed by atoms with Crippen LogP contribution in [0.3, 0.4) is 0 Å². The monoisotopic (exact) mass is 291 g/mol. The van der Waals surface area contributed by atoms with Crippen molar-refractivity contribution in [2.45, 2.75) is 52.5 Å².